The van der Waals surface area contributed by atoms with Crippen molar-refractivity contribution >= 4 is 38.6 Å². The summed E-state index contributed by atoms with van der Waals surface area (Å²) in [6.45, 7) is 0. The summed E-state index contributed by atoms with van der Waals surface area (Å²) in [4.78, 5) is 4.44. The Morgan fingerprint density at radius 3 is 2.65 bits per heavy atom. The van der Waals surface area contributed by atoms with Gasteiger partial charge in [0.05, 0.1) is 30.6 Å². The molecule has 0 spiro atoms. The van der Waals surface area contributed by atoms with Crippen molar-refractivity contribution in [3.63, 3.8) is 0 Å². The third-order valence-electron chi connectivity index (χ3n) is 3.47. The zero-order valence-corrected chi connectivity index (χ0v) is 16.4. The first kappa shape index (κ1) is 18.3. The van der Waals surface area contributed by atoms with Crippen LogP contribution in [0, 0.1) is 5.82 Å². The van der Waals surface area contributed by atoms with Crippen molar-refractivity contribution in [2.75, 3.05) is 19.6 Å². The zero-order valence-electron chi connectivity index (χ0n) is 14.0. The van der Waals surface area contributed by atoms with Gasteiger partial charge in [0.15, 0.2) is 11.5 Å². The molecule has 0 saturated heterocycles. The fourth-order valence-electron chi connectivity index (χ4n) is 2.25. The fraction of sp³-hybridized carbons (Fsp3) is 0.111. The van der Waals surface area contributed by atoms with Gasteiger partial charge in [-0.3, -0.25) is 5.43 Å². The molecule has 5 nitrogen and oxygen atoms in total. The second-order valence-corrected chi connectivity index (χ2v) is 6.87. The predicted octanol–water partition coefficient (Wildman–Crippen LogP) is 5.17. The molecule has 3 aromatic rings. The van der Waals surface area contributed by atoms with E-state index in [0.717, 1.165) is 21.3 Å². The van der Waals surface area contributed by atoms with Gasteiger partial charge in [-0.1, -0.05) is 0 Å². The van der Waals surface area contributed by atoms with Crippen LogP contribution < -0.4 is 14.9 Å². The molecule has 0 fully saturated rings. The van der Waals surface area contributed by atoms with Crippen LogP contribution in [0.2, 0.25) is 0 Å². The zero-order chi connectivity index (χ0) is 18.5. The molecule has 1 aromatic heterocycles. The Kier molecular flexibility index (Phi) is 5.85. The third-order valence-corrected chi connectivity index (χ3v) is 4.81. The smallest absolute Gasteiger partial charge is 0.203 e. The summed E-state index contributed by atoms with van der Waals surface area (Å²) in [5, 5.41) is 6.73. The second kappa shape index (κ2) is 8.29. The first-order chi connectivity index (χ1) is 12.6. The van der Waals surface area contributed by atoms with E-state index in [9.17, 15) is 4.39 Å². The summed E-state index contributed by atoms with van der Waals surface area (Å²) in [6.07, 6.45) is 1.66. The van der Waals surface area contributed by atoms with Crippen LogP contribution in [-0.4, -0.2) is 25.4 Å². The summed E-state index contributed by atoms with van der Waals surface area (Å²) >= 11 is 4.86. The molecule has 0 saturated carbocycles. The molecular formula is C18H15BrFN3O2S. The molecule has 0 aliphatic carbocycles. The highest BCUT2D eigenvalue weighted by atomic mass is 79.9. The number of ether oxygens (including phenoxy) is 2. The number of nitrogens with zero attached hydrogens (tertiary/aromatic N) is 2. The molecule has 0 radical (unpaired) electrons. The number of benzene rings is 2. The van der Waals surface area contributed by atoms with Crippen LogP contribution in [0.25, 0.3) is 11.3 Å². The van der Waals surface area contributed by atoms with Gasteiger partial charge in [0.25, 0.3) is 0 Å². The summed E-state index contributed by atoms with van der Waals surface area (Å²) < 4.78 is 24.4. The summed E-state index contributed by atoms with van der Waals surface area (Å²) in [5.74, 6) is 0.964. The number of hydrogen-bond donors (Lipinski definition) is 1. The van der Waals surface area contributed by atoms with Gasteiger partial charge in [0.1, 0.15) is 5.82 Å². The largest absolute Gasteiger partial charge is 0.493 e. The molecule has 0 bridgehead atoms. The van der Waals surface area contributed by atoms with E-state index in [1.807, 2.05) is 17.5 Å². The molecule has 3 rings (SSSR count). The maximum atomic E-state index is 13.0. The minimum Gasteiger partial charge on any atom is -0.493 e. The van der Waals surface area contributed by atoms with Crippen LogP contribution >= 0.6 is 27.3 Å². The number of rotatable bonds is 6. The standard InChI is InChI=1S/C18H15BrFN3O2S/c1-24-16-8-11(7-14(19)17(16)25-2)9-21-23-18-22-15(10-26-18)12-3-5-13(20)6-4-12/h3-10H,1-2H3,(H,22,23)/b21-9-. The molecule has 26 heavy (non-hydrogen) atoms. The summed E-state index contributed by atoms with van der Waals surface area (Å²) in [6, 6.07) is 9.90. The lowest BCUT2D eigenvalue weighted by atomic mass is 10.2. The first-order valence-corrected chi connectivity index (χ1v) is 9.20. The van der Waals surface area contributed by atoms with Crippen molar-refractivity contribution in [1.29, 1.82) is 0 Å². The molecule has 0 aliphatic heterocycles. The molecule has 0 aliphatic rings. The van der Waals surface area contributed by atoms with Crippen LogP contribution in [0.15, 0.2) is 51.4 Å². The fourth-order valence-corrected chi connectivity index (χ4v) is 3.54. The predicted molar refractivity (Wildman–Crippen MR) is 106 cm³/mol. The van der Waals surface area contributed by atoms with Gasteiger partial charge >= 0.3 is 0 Å². The highest BCUT2D eigenvalue weighted by molar-refractivity contribution is 9.10. The van der Waals surface area contributed by atoms with E-state index in [1.54, 1.807) is 32.6 Å². The minimum absolute atomic E-state index is 0.270. The molecule has 1 heterocycles. The lowest BCUT2D eigenvalue weighted by Gasteiger charge is -2.10. The third kappa shape index (κ3) is 4.20. The number of halogens is 2. The monoisotopic (exact) mass is 435 g/mol. The van der Waals surface area contributed by atoms with Crippen LogP contribution in [0.5, 0.6) is 11.5 Å². The van der Waals surface area contributed by atoms with E-state index in [1.165, 1.54) is 23.5 Å². The van der Waals surface area contributed by atoms with Gasteiger partial charge in [-0.05, 0) is 57.9 Å². The van der Waals surface area contributed by atoms with Gasteiger partial charge in [-0.25, -0.2) is 9.37 Å². The number of methoxy groups -OCH3 is 2. The number of anilines is 1. The van der Waals surface area contributed by atoms with Crippen LogP contribution in [0.1, 0.15) is 5.56 Å². The van der Waals surface area contributed by atoms with E-state index >= 15 is 0 Å². The van der Waals surface area contributed by atoms with E-state index in [4.69, 9.17) is 9.47 Å². The quantitative estimate of drug-likeness (QED) is 0.428. The van der Waals surface area contributed by atoms with Crippen molar-refractivity contribution in [3.8, 4) is 22.8 Å². The highest BCUT2D eigenvalue weighted by Gasteiger charge is 2.09. The molecule has 2 aromatic carbocycles. The maximum absolute atomic E-state index is 13.0. The average Bonchev–Trinajstić information content (AvgIpc) is 3.10. The molecule has 0 amide bonds. The lowest BCUT2D eigenvalue weighted by Crippen LogP contribution is -1.95. The van der Waals surface area contributed by atoms with Crippen molar-refractivity contribution < 1.29 is 13.9 Å². The van der Waals surface area contributed by atoms with Gasteiger partial charge in [0.2, 0.25) is 5.13 Å². The van der Waals surface area contributed by atoms with Crippen molar-refractivity contribution in [3.05, 3.63) is 57.6 Å². The number of nitrogens with one attached hydrogen (secondary N) is 1. The average molecular weight is 436 g/mol. The molecule has 8 heteroatoms. The van der Waals surface area contributed by atoms with Crippen LogP contribution in [-0.2, 0) is 0 Å². The number of hydrogen-bond acceptors (Lipinski definition) is 6. The molecule has 134 valence electrons. The van der Waals surface area contributed by atoms with Gasteiger partial charge in [-0.2, -0.15) is 5.10 Å². The van der Waals surface area contributed by atoms with Crippen LogP contribution in [0.4, 0.5) is 9.52 Å². The summed E-state index contributed by atoms with van der Waals surface area (Å²) in [5.41, 5.74) is 5.34. The van der Waals surface area contributed by atoms with Crippen molar-refractivity contribution in [2.45, 2.75) is 0 Å². The van der Waals surface area contributed by atoms with E-state index in [-0.39, 0.29) is 5.82 Å². The summed E-state index contributed by atoms with van der Waals surface area (Å²) in [7, 11) is 3.16. The van der Waals surface area contributed by atoms with Crippen molar-refractivity contribution in [2.24, 2.45) is 5.10 Å². The topological polar surface area (TPSA) is 55.7 Å². The van der Waals surface area contributed by atoms with Gasteiger partial charge in [-0.15, -0.1) is 11.3 Å². The lowest BCUT2D eigenvalue weighted by molar-refractivity contribution is 0.353. The molecule has 0 atom stereocenters. The minimum atomic E-state index is -0.270. The number of aromatic nitrogens is 1. The Labute approximate surface area is 162 Å². The second-order valence-electron chi connectivity index (χ2n) is 5.15. The van der Waals surface area contributed by atoms with E-state index < -0.39 is 0 Å². The Morgan fingerprint density at radius 2 is 1.96 bits per heavy atom. The number of thiazole rings is 1. The van der Waals surface area contributed by atoms with Gasteiger partial charge < -0.3 is 9.47 Å². The Morgan fingerprint density at radius 1 is 1.19 bits per heavy atom. The Bertz CT molecular complexity index is 929. The maximum Gasteiger partial charge on any atom is 0.203 e. The number of hydrazone groups is 1. The molecular weight excluding hydrogens is 421 g/mol. The SMILES string of the molecule is COc1cc(/C=N\Nc2nc(-c3ccc(F)cc3)cs2)cc(Br)c1OC. The normalized spacial score (nSPS) is 10.9. The first-order valence-electron chi connectivity index (χ1n) is 7.52. The van der Waals surface area contributed by atoms with Crippen LogP contribution in [0.3, 0.4) is 0 Å². The van der Waals surface area contributed by atoms with Crippen molar-refractivity contribution in [1.82, 2.24) is 4.98 Å². The van der Waals surface area contributed by atoms with E-state index in [2.05, 4.69) is 31.4 Å². The van der Waals surface area contributed by atoms with Gasteiger partial charge in [0, 0.05) is 10.9 Å². The molecule has 1 N–H and O–H groups in total. The molecule has 0 unspecified atom stereocenters. The Balaban J connectivity index is 1.71. The van der Waals surface area contributed by atoms with E-state index in [0.29, 0.717) is 16.6 Å². The Hall–Kier alpha value is -2.45. The highest BCUT2D eigenvalue weighted by Crippen LogP contribution is 2.35.